The zero-order chi connectivity index (χ0) is 21.2. The minimum Gasteiger partial charge on any atom is -0.134 e. The van der Waals surface area contributed by atoms with Gasteiger partial charge in [0, 0.05) is 20.9 Å². The Hall–Kier alpha value is -3.42. The molecule has 0 saturated carbocycles. The van der Waals surface area contributed by atoms with E-state index in [0.717, 1.165) is 0 Å². The van der Waals surface area contributed by atoms with Gasteiger partial charge in [-0.1, -0.05) is 120 Å². The van der Waals surface area contributed by atoms with E-state index in [4.69, 9.17) is 0 Å². The second kappa shape index (κ2) is 8.37. The first-order chi connectivity index (χ1) is 15.2. The van der Waals surface area contributed by atoms with Gasteiger partial charge in [0.15, 0.2) is 0 Å². The van der Waals surface area contributed by atoms with Crippen LogP contribution in [-0.4, -0.2) is 0 Å². The van der Waals surface area contributed by atoms with Crippen molar-refractivity contribution >= 4 is 11.3 Å². The summed E-state index contributed by atoms with van der Waals surface area (Å²) < 4.78 is 0. The number of aryl methyl sites for hydroxylation is 2. The van der Waals surface area contributed by atoms with Gasteiger partial charge in [0.1, 0.15) is 0 Å². The lowest BCUT2D eigenvalue weighted by Gasteiger charge is -2.11. The van der Waals surface area contributed by atoms with Gasteiger partial charge in [0.2, 0.25) is 0 Å². The summed E-state index contributed by atoms with van der Waals surface area (Å²) in [6, 6.07) is 39.4. The summed E-state index contributed by atoms with van der Waals surface area (Å²) in [7, 11) is 0. The second-order valence-electron chi connectivity index (χ2n) is 7.98. The van der Waals surface area contributed by atoms with Gasteiger partial charge in [-0.05, 0) is 36.1 Å². The molecule has 0 unspecified atom stereocenters. The van der Waals surface area contributed by atoms with Gasteiger partial charge in [-0.15, -0.1) is 11.3 Å². The van der Waals surface area contributed by atoms with Crippen LogP contribution in [-0.2, 0) is 0 Å². The van der Waals surface area contributed by atoms with Crippen LogP contribution in [0.4, 0.5) is 0 Å². The quantitative estimate of drug-likeness (QED) is 0.274. The van der Waals surface area contributed by atoms with Crippen molar-refractivity contribution in [2.75, 3.05) is 0 Å². The molecule has 0 N–H and O–H groups in total. The molecule has 0 radical (unpaired) electrons. The van der Waals surface area contributed by atoms with E-state index >= 15 is 0 Å². The molecule has 0 fully saturated rings. The average molecular weight is 417 g/mol. The third kappa shape index (κ3) is 3.85. The molecule has 0 bridgehead atoms. The smallest absolute Gasteiger partial charge is 0.0434 e. The lowest BCUT2D eigenvalue weighted by Crippen LogP contribution is -1.86. The van der Waals surface area contributed by atoms with Gasteiger partial charge in [-0.3, -0.25) is 0 Å². The van der Waals surface area contributed by atoms with Crippen LogP contribution >= 0.6 is 11.3 Å². The van der Waals surface area contributed by atoms with Crippen LogP contribution in [0.5, 0.6) is 0 Å². The summed E-state index contributed by atoms with van der Waals surface area (Å²) in [6.07, 6.45) is 0. The number of hydrogen-bond acceptors (Lipinski definition) is 1. The Kier molecular flexibility index (Phi) is 5.28. The van der Waals surface area contributed by atoms with Crippen LogP contribution < -0.4 is 0 Å². The normalized spacial score (nSPS) is 10.9. The monoisotopic (exact) mass is 416 g/mol. The van der Waals surface area contributed by atoms with Crippen LogP contribution in [0.1, 0.15) is 11.1 Å². The maximum atomic E-state index is 2.30. The van der Waals surface area contributed by atoms with Gasteiger partial charge in [0.25, 0.3) is 0 Å². The van der Waals surface area contributed by atoms with Crippen LogP contribution in [0.2, 0.25) is 0 Å². The molecule has 1 heteroatoms. The SMILES string of the molecule is Cc1cccc(-c2sc(-c3cccc(C)c3)c(-c3ccccc3)c2-c2ccccc2)c1. The number of thiophene rings is 1. The highest BCUT2D eigenvalue weighted by Crippen LogP contribution is 2.52. The fraction of sp³-hybridized carbons (Fsp3) is 0.0667. The van der Waals surface area contributed by atoms with E-state index in [1.54, 1.807) is 0 Å². The molecule has 0 atom stereocenters. The predicted molar refractivity (Wildman–Crippen MR) is 136 cm³/mol. The summed E-state index contributed by atoms with van der Waals surface area (Å²) in [4.78, 5) is 2.65. The van der Waals surface area contributed by atoms with Crippen molar-refractivity contribution in [3.05, 3.63) is 120 Å². The molecule has 150 valence electrons. The van der Waals surface area contributed by atoms with E-state index < -0.39 is 0 Å². The predicted octanol–water partition coefficient (Wildman–Crippen LogP) is 9.03. The standard InChI is InChI=1S/C30H24S/c1-21-11-9-17-25(19-21)29-27(23-13-5-3-6-14-23)28(24-15-7-4-8-16-24)30(31-29)26-18-10-12-22(2)20-26/h3-20H,1-2H3. The van der Waals surface area contributed by atoms with Gasteiger partial charge in [-0.25, -0.2) is 0 Å². The van der Waals surface area contributed by atoms with Crippen LogP contribution in [0.3, 0.4) is 0 Å². The Bertz CT molecular complexity index is 1220. The fourth-order valence-corrected chi connectivity index (χ4v) is 5.51. The summed E-state index contributed by atoms with van der Waals surface area (Å²) in [5.41, 5.74) is 10.3. The summed E-state index contributed by atoms with van der Waals surface area (Å²) in [6.45, 7) is 4.33. The Morgan fingerprint density at radius 2 is 0.806 bits per heavy atom. The van der Waals surface area contributed by atoms with E-state index in [1.165, 1.54) is 54.3 Å². The molecule has 0 saturated heterocycles. The number of rotatable bonds is 4. The van der Waals surface area contributed by atoms with E-state index in [-0.39, 0.29) is 0 Å². The molecule has 5 aromatic rings. The van der Waals surface area contributed by atoms with Gasteiger partial charge in [-0.2, -0.15) is 0 Å². The summed E-state index contributed by atoms with van der Waals surface area (Å²) >= 11 is 1.90. The van der Waals surface area contributed by atoms with Gasteiger partial charge < -0.3 is 0 Å². The maximum Gasteiger partial charge on any atom is 0.0434 e. The largest absolute Gasteiger partial charge is 0.134 e. The van der Waals surface area contributed by atoms with Crippen molar-refractivity contribution < 1.29 is 0 Å². The maximum absolute atomic E-state index is 2.30. The third-order valence-electron chi connectivity index (χ3n) is 5.59. The Balaban J connectivity index is 1.90. The molecule has 0 aliphatic rings. The highest BCUT2D eigenvalue weighted by atomic mass is 32.1. The third-order valence-corrected chi connectivity index (χ3v) is 6.88. The molecule has 0 spiro atoms. The Morgan fingerprint density at radius 1 is 0.419 bits per heavy atom. The lowest BCUT2D eigenvalue weighted by molar-refractivity contribution is 1.47. The Morgan fingerprint density at radius 3 is 1.19 bits per heavy atom. The number of hydrogen-bond donors (Lipinski definition) is 0. The highest BCUT2D eigenvalue weighted by molar-refractivity contribution is 7.20. The van der Waals surface area contributed by atoms with E-state index in [1.807, 2.05) is 11.3 Å². The van der Waals surface area contributed by atoms with Crippen molar-refractivity contribution in [1.29, 1.82) is 0 Å². The number of benzene rings is 4. The van der Waals surface area contributed by atoms with Gasteiger partial charge in [0.05, 0.1) is 0 Å². The minimum atomic E-state index is 1.26. The summed E-state index contributed by atoms with van der Waals surface area (Å²) in [5.74, 6) is 0. The van der Waals surface area contributed by atoms with Crippen LogP contribution in [0, 0.1) is 13.8 Å². The van der Waals surface area contributed by atoms with Crippen LogP contribution in [0.15, 0.2) is 109 Å². The summed E-state index contributed by atoms with van der Waals surface area (Å²) in [5, 5.41) is 0. The van der Waals surface area contributed by atoms with Crippen molar-refractivity contribution in [3.63, 3.8) is 0 Å². The van der Waals surface area contributed by atoms with Crippen molar-refractivity contribution in [3.8, 4) is 43.1 Å². The molecule has 31 heavy (non-hydrogen) atoms. The zero-order valence-corrected chi connectivity index (χ0v) is 18.6. The van der Waals surface area contributed by atoms with E-state index in [9.17, 15) is 0 Å². The molecule has 1 heterocycles. The first-order valence-electron chi connectivity index (χ1n) is 10.6. The van der Waals surface area contributed by atoms with Crippen molar-refractivity contribution in [1.82, 2.24) is 0 Å². The fourth-order valence-electron chi connectivity index (χ4n) is 4.17. The highest BCUT2D eigenvalue weighted by Gasteiger charge is 2.23. The van der Waals surface area contributed by atoms with Gasteiger partial charge >= 0.3 is 0 Å². The topological polar surface area (TPSA) is 0 Å². The molecule has 1 aromatic heterocycles. The molecule has 0 aliphatic carbocycles. The first-order valence-corrected chi connectivity index (χ1v) is 11.4. The second-order valence-corrected chi connectivity index (χ2v) is 9.00. The molecular formula is C30H24S. The molecular weight excluding hydrogens is 392 g/mol. The Labute approximate surface area is 188 Å². The molecule has 0 aliphatic heterocycles. The minimum absolute atomic E-state index is 1.26. The van der Waals surface area contributed by atoms with Crippen LogP contribution in [0.25, 0.3) is 43.1 Å². The molecule has 5 rings (SSSR count). The molecule has 4 aromatic carbocycles. The first kappa shape index (κ1) is 19.5. The molecule has 0 amide bonds. The zero-order valence-electron chi connectivity index (χ0n) is 17.8. The molecule has 0 nitrogen and oxygen atoms in total. The van der Waals surface area contributed by atoms with E-state index in [0.29, 0.717) is 0 Å². The van der Waals surface area contributed by atoms with Crippen molar-refractivity contribution in [2.24, 2.45) is 0 Å². The van der Waals surface area contributed by atoms with Crippen molar-refractivity contribution in [2.45, 2.75) is 13.8 Å². The van der Waals surface area contributed by atoms with E-state index in [2.05, 4.69) is 123 Å². The lowest BCUT2D eigenvalue weighted by atomic mass is 9.91. The average Bonchev–Trinajstić information content (AvgIpc) is 3.21.